The number of para-hydroxylation sites is 3. The van der Waals surface area contributed by atoms with Crippen LogP contribution in [-0.4, -0.2) is 12.3 Å². The number of anilines is 8. The average molecular weight is 1020 g/mol. The van der Waals surface area contributed by atoms with Gasteiger partial charge in [-0.1, -0.05) is 160 Å². The first-order chi connectivity index (χ1) is 37.4. The molecule has 5 heterocycles. The molecule has 78 heavy (non-hydrogen) atoms. The summed E-state index contributed by atoms with van der Waals surface area (Å²) >= 11 is 0. The molecule has 0 spiro atoms. The standard InChI is InChI=1S/C72H70BN3O2/c1-67(2)34-35-68(3,4)50-38-43(28-30-48(50)67)74-57-42-52-51(69(5,6)36-37-70(52,7)8)41-54(57)73-53-31-29-46-45-20-11-15-25-60(45)78-66(46)65(53)75(56-24-19-27-62-63(56)47-21-12-16-26-61(47)77-62)59-40-44(39-58(74)64(59)73)76-55-23-14-13-22-49(55)71(9)32-17-18-33-72(71,76)10/h11-16,19-31,38-42H,17-18,32-37H2,1-10H3. The van der Waals surface area contributed by atoms with Crippen LogP contribution in [0.5, 0.6) is 0 Å². The van der Waals surface area contributed by atoms with Crippen LogP contribution in [0.15, 0.2) is 154 Å². The van der Waals surface area contributed by atoms with Crippen LogP contribution >= 0.6 is 0 Å². The van der Waals surface area contributed by atoms with Crippen molar-refractivity contribution >= 4 is 112 Å². The quantitative estimate of drug-likeness (QED) is 0.165. The maximum atomic E-state index is 7.35. The zero-order chi connectivity index (χ0) is 53.2. The molecule has 3 aliphatic heterocycles. The van der Waals surface area contributed by atoms with Crippen molar-refractivity contribution in [1.29, 1.82) is 0 Å². The van der Waals surface area contributed by atoms with Crippen molar-refractivity contribution in [2.45, 2.75) is 153 Å². The highest BCUT2D eigenvalue weighted by atomic mass is 16.3. The van der Waals surface area contributed by atoms with Gasteiger partial charge in [0.25, 0.3) is 6.71 Å². The van der Waals surface area contributed by atoms with Crippen LogP contribution in [0.2, 0.25) is 0 Å². The van der Waals surface area contributed by atoms with E-state index in [-0.39, 0.29) is 39.3 Å². The lowest BCUT2D eigenvalue weighted by Crippen LogP contribution is -2.62. The number of benzene rings is 8. The Morgan fingerprint density at radius 1 is 0.397 bits per heavy atom. The summed E-state index contributed by atoms with van der Waals surface area (Å²) in [5.74, 6) is 0. The van der Waals surface area contributed by atoms with Crippen molar-refractivity contribution < 1.29 is 8.83 Å². The summed E-state index contributed by atoms with van der Waals surface area (Å²) in [5, 5.41) is 4.47. The second kappa shape index (κ2) is 15.3. The average Bonchev–Trinajstić information content (AvgIpc) is 3.90. The Morgan fingerprint density at radius 3 is 1.76 bits per heavy atom. The van der Waals surface area contributed by atoms with Gasteiger partial charge in [0, 0.05) is 55.7 Å². The molecule has 1 saturated carbocycles. The molecule has 6 aliphatic rings. The van der Waals surface area contributed by atoms with Gasteiger partial charge in [-0.15, -0.1) is 0 Å². The van der Waals surface area contributed by atoms with Gasteiger partial charge < -0.3 is 23.5 Å². The number of furan rings is 2. The molecular weight excluding hydrogens is 950 g/mol. The normalized spacial score (nSPS) is 22.7. The predicted octanol–water partition coefficient (Wildman–Crippen LogP) is 18.0. The molecule has 1 fully saturated rings. The van der Waals surface area contributed by atoms with E-state index in [1.165, 1.54) is 97.6 Å². The molecule has 0 saturated heterocycles. The SMILES string of the molecule is CC1(C)CCC(C)(C)c2cc(N3c4cc5c(cc4B4c6ccc7c(oc8ccccc87)c6N(c6cccc7oc8ccccc8c67)c6cc(N7c8ccccc8C8(C)CCCCC78C)cc3c64)C(C)(C)CCC5(C)C)ccc21. The fourth-order valence-corrected chi connectivity index (χ4v) is 16.7. The third-order valence-electron chi connectivity index (χ3n) is 21.5. The Hall–Kier alpha value is -7.18. The first-order valence-corrected chi connectivity index (χ1v) is 29.3. The van der Waals surface area contributed by atoms with E-state index in [1.54, 1.807) is 0 Å². The van der Waals surface area contributed by atoms with Crippen LogP contribution < -0.4 is 31.1 Å². The van der Waals surface area contributed by atoms with Gasteiger partial charge in [-0.3, -0.25) is 0 Å². The second-order valence-electron chi connectivity index (χ2n) is 27.6. The third-order valence-corrected chi connectivity index (χ3v) is 21.5. The molecule has 5 nitrogen and oxygen atoms in total. The van der Waals surface area contributed by atoms with E-state index in [4.69, 9.17) is 8.83 Å². The molecule has 2 atom stereocenters. The number of hydrogen-bond donors (Lipinski definition) is 0. The summed E-state index contributed by atoms with van der Waals surface area (Å²) in [6.07, 6.45) is 9.32. The summed E-state index contributed by atoms with van der Waals surface area (Å²) < 4.78 is 14.2. The van der Waals surface area contributed by atoms with Gasteiger partial charge in [-0.25, -0.2) is 0 Å². The van der Waals surface area contributed by atoms with Gasteiger partial charge >= 0.3 is 0 Å². The molecule has 8 aromatic carbocycles. The Labute approximate surface area is 460 Å². The minimum absolute atomic E-state index is 0.00541. The van der Waals surface area contributed by atoms with E-state index in [0.29, 0.717) is 0 Å². The van der Waals surface area contributed by atoms with Gasteiger partial charge in [0.1, 0.15) is 16.7 Å². The zero-order valence-electron chi connectivity index (χ0n) is 47.2. The largest absolute Gasteiger partial charge is 0.456 e. The van der Waals surface area contributed by atoms with Gasteiger partial charge in [-0.05, 0) is 172 Å². The molecule has 2 unspecified atom stereocenters. The van der Waals surface area contributed by atoms with E-state index in [9.17, 15) is 0 Å². The van der Waals surface area contributed by atoms with Gasteiger partial charge in [-0.2, -0.15) is 0 Å². The van der Waals surface area contributed by atoms with Crippen molar-refractivity contribution in [3.8, 4) is 0 Å². The van der Waals surface area contributed by atoms with Crippen molar-refractivity contribution in [3.05, 3.63) is 173 Å². The summed E-state index contributed by atoms with van der Waals surface area (Å²) in [6, 6.07) is 56.3. The molecule has 10 aromatic rings. The summed E-state index contributed by atoms with van der Waals surface area (Å²) in [6.45, 7) is 24.9. The molecule has 0 bridgehead atoms. The fourth-order valence-electron chi connectivity index (χ4n) is 16.7. The third kappa shape index (κ3) is 5.99. The highest BCUT2D eigenvalue weighted by Gasteiger charge is 2.58. The number of fused-ring (bicyclic) bond motifs is 16. The maximum absolute atomic E-state index is 7.35. The van der Waals surface area contributed by atoms with Crippen LogP contribution in [-0.2, 0) is 27.1 Å². The lowest BCUT2D eigenvalue weighted by Gasteiger charge is -2.51. The minimum atomic E-state index is -0.174. The van der Waals surface area contributed by atoms with Gasteiger partial charge in [0.2, 0.25) is 0 Å². The van der Waals surface area contributed by atoms with Crippen LogP contribution in [0.1, 0.15) is 148 Å². The Morgan fingerprint density at radius 2 is 1.00 bits per heavy atom. The first kappa shape index (κ1) is 46.9. The van der Waals surface area contributed by atoms with Crippen LogP contribution in [0, 0.1) is 0 Å². The monoisotopic (exact) mass is 1020 g/mol. The van der Waals surface area contributed by atoms with E-state index in [1.807, 2.05) is 0 Å². The topological polar surface area (TPSA) is 36.0 Å². The van der Waals surface area contributed by atoms with Gasteiger partial charge in [0.05, 0.1) is 22.3 Å². The van der Waals surface area contributed by atoms with Crippen molar-refractivity contribution in [1.82, 2.24) is 0 Å². The van der Waals surface area contributed by atoms with E-state index in [2.05, 4.69) is 230 Å². The molecular formula is C72H70BN3O2. The molecule has 2 aromatic heterocycles. The van der Waals surface area contributed by atoms with Crippen LogP contribution in [0.3, 0.4) is 0 Å². The Bertz CT molecular complexity index is 4260. The molecule has 388 valence electrons. The number of nitrogens with zero attached hydrogens (tertiary/aromatic N) is 3. The van der Waals surface area contributed by atoms with E-state index >= 15 is 0 Å². The summed E-state index contributed by atoms with van der Waals surface area (Å²) in [5.41, 5.74) is 24.5. The minimum Gasteiger partial charge on any atom is -0.456 e. The Balaban J connectivity index is 1.10. The van der Waals surface area contributed by atoms with E-state index < -0.39 is 0 Å². The van der Waals surface area contributed by atoms with Crippen molar-refractivity contribution in [2.24, 2.45) is 0 Å². The zero-order valence-corrected chi connectivity index (χ0v) is 47.2. The molecule has 16 rings (SSSR count). The predicted molar refractivity (Wildman–Crippen MR) is 328 cm³/mol. The summed E-state index contributed by atoms with van der Waals surface area (Å²) in [7, 11) is 0. The molecule has 3 aliphatic carbocycles. The lowest BCUT2D eigenvalue weighted by molar-refractivity contribution is 0.195. The van der Waals surface area contributed by atoms with E-state index in [0.717, 1.165) is 87.4 Å². The highest BCUT2D eigenvalue weighted by molar-refractivity contribution is 7.00. The maximum Gasteiger partial charge on any atom is 0.252 e. The highest BCUT2D eigenvalue weighted by Crippen LogP contribution is 2.63. The summed E-state index contributed by atoms with van der Waals surface area (Å²) in [4.78, 5) is 8.17. The molecule has 6 heteroatoms. The van der Waals surface area contributed by atoms with Crippen LogP contribution in [0.4, 0.5) is 45.5 Å². The number of hydrogen-bond acceptors (Lipinski definition) is 5. The van der Waals surface area contributed by atoms with Crippen LogP contribution in [0.25, 0.3) is 43.9 Å². The molecule has 0 radical (unpaired) electrons. The lowest BCUT2D eigenvalue weighted by atomic mass is 9.33. The number of rotatable bonds is 3. The molecule has 0 N–H and O–H groups in total. The van der Waals surface area contributed by atoms with Gasteiger partial charge in [0.15, 0.2) is 5.58 Å². The van der Waals surface area contributed by atoms with Crippen molar-refractivity contribution in [3.63, 3.8) is 0 Å². The second-order valence-corrected chi connectivity index (χ2v) is 27.6. The first-order valence-electron chi connectivity index (χ1n) is 29.3. The fraction of sp³-hybridized carbons (Fsp3) is 0.333. The smallest absolute Gasteiger partial charge is 0.252 e. The molecule has 0 amide bonds. The van der Waals surface area contributed by atoms with Crippen molar-refractivity contribution in [2.75, 3.05) is 14.7 Å². The Kier molecular flexibility index (Phi) is 9.22.